The zero-order valence-corrected chi connectivity index (χ0v) is 18.1. The van der Waals surface area contributed by atoms with Crippen LogP contribution in [0.1, 0.15) is 25.5 Å². The second-order valence-electron chi connectivity index (χ2n) is 7.15. The number of para-hydroxylation sites is 1. The molecule has 0 saturated carbocycles. The van der Waals surface area contributed by atoms with E-state index in [9.17, 15) is 4.79 Å². The van der Waals surface area contributed by atoms with Crippen LogP contribution in [0, 0.1) is 0 Å². The van der Waals surface area contributed by atoms with Crippen molar-refractivity contribution >= 4 is 27.9 Å². The van der Waals surface area contributed by atoms with Crippen molar-refractivity contribution in [1.82, 2.24) is 9.38 Å². The molecule has 0 aliphatic rings. The van der Waals surface area contributed by atoms with E-state index in [1.807, 2.05) is 75.5 Å². The second kappa shape index (κ2) is 9.13. The molecule has 0 aliphatic heterocycles. The van der Waals surface area contributed by atoms with Crippen LogP contribution in [0.3, 0.4) is 0 Å². The molecule has 0 unspecified atom stereocenters. The van der Waals surface area contributed by atoms with Crippen LogP contribution in [-0.2, 0) is 11.2 Å². The van der Waals surface area contributed by atoms with Gasteiger partial charge in [0.25, 0.3) is 0 Å². The molecule has 154 valence electrons. The van der Waals surface area contributed by atoms with E-state index in [-0.39, 0.29) is 5.91 Å². The summed E-state index contributed by atoms with van der Waals surface area (Å²) in [5, 5.41) is 2.03. The molecule has 0 fully saturated rings. The lowest BCUT2D eigenvalue weighted by atomic mass is 10.1. The summed E-state index contributed by atoms with van der Waals surface area (Å²) in [7, 11) is 1.66. The average molecular weight is 420 g/mol. The summed E-state index contributed by atoms with van der Waals surface area (Å²) in [5.74, 6) is 0.924. The fourth-order valence-electron chi connectivity index (χ4n) is 3.43. The van der Waals surface area contributed by atoms with Gasteiger partial charge in [0, 0.05) is 35.1 Å². The summed E-state index contributed by atoms with van der Waals surface area (Å²) in [6.07, 6.45) is 4.38. The quantitative estimate of drug-likeness (QED) is 0.382. The van der Waals surface area contributed by atoms with Gasteiger partial charge in [0.1, 0.15) is 5.75 Å². The minimum absolute atomic E-state index is 0.106. The van der Waals surface area contributed by atoms with Crippen molar-refractivity contribution in [2.24, 2.45) is 0 Å². The molecule has 0 atom stereocenters. The van der Waals surface area contributed by atoms with Gasteiger partial charge in [-0.25, -0.2) is 4.98 Å². The minimum Gasteiger partial charge on any atom is -0.497 e. The summed E-state index contributed by atoms with van der Waals surface area (Å²) in [6.45, 7) is 2.87. The minimum atomic E-state index is 0.106. The van der Waals surface area contributed by atoms with Crippen molar-refractivity contribution in [2.75, 3.05) is 18.6 Å². The number of carbonyl (C=O) groups excluding carboxylic acids is 1. The molecule has 0 N–H and O–H groups in total. The first kappa shape index (κ1) is 20.2. The van der Waals surface area contributed by atoms with E-state index in [0.717, 1.165) is 52.7 Å². The molecule has 4 aromatic rings. The van der Waals surface area contributed by atoms with E-state index < -0.39 is 0 Å². The fourth-order valence-corrected chi connectivity index (χ4v) is 4.30. The number of rotatable bonds is 8. The summed E-state index contributed by atoms with van der Waals surface area (Å²) in [6, 6.07) is 17.8. The first-order valence-corrected chi connectivity index (χ1v) is 11.0. The Morgan fingerprint density at radius 3 is 2.60 bits per heavy atom. The summed E-state index contributed by atoms with van der Waals surface area (Å²) in [5.41, 5.74) is 3.83. The lowest BCUT2D eigenvalue weighted by molar-refractivity contribution is -0.118. The standard InChI is InChI=1S/C24H25N3O2S/c1-3-4-14-26(19-8-6-5-7-9-19)23(28)15-20-17-30-24-25-22(16-27(20)24)18-10-12-21(29-2)13-11-18/h5-13,16-17H,3-4,14-15H2,1-2H3. The van der Waals surface area contributed by atoms with Crippen molar-refractivity contribution in [1.29, 1.82) is 0 Å². The van der Waals surface area contributed by atoms with E-state index in [1.165, 1.54) is 0 Å². The Morgan fingerprint density at radius 2 is 1.90 bits per heavy atom. The van der Waals surface area contributed by atoms with E-state index in [0.29, 0.717) is 6.42 Å². The van der Waals surface area contributed by atoms with Crippen LogP contribution in [-0.4, -0.2) is 28.9 Å². The zero-order valence-electron chi connectivity index (χ0n) is 17.2. The SMILES string of the molecule is CCCCN(C(=O)Cc1csc2nc(-c3ccc(OC)cc3)cn12)c1ccccc1. The molecule has 4 rings (SSSR count). The van der Waals surface area contributed by atoms with Gasteiger partial charge in [-0.15, -0.1) is 11.3 Å². The Bertz CT molecular complexity index is 1120. The molecule has 0 spiro atoms. The maximum absolute atomic E-state index is 13.2. The maximum Gasteiger partial charge on any atom is 0.232 e. The number of benzene rings is 2. The Kier molecular flexibility index (Phi) is 6.14. The molecule has 30 heavy (non-hydrogen) atoms. The van der Waals surface area contributed by atoms with Crippen LogP contribution in [0.4, 0.5) is 5.69 Å². The number of amides is 1. The van der Waals surface area contributed by atoms with Crippen molar-refractivity contribution in [3.05, 3.63) is 71.9 Å². The highest BCUT2D eigenvalue weighted by Gasteiger charge is 2.18. The van der Waals surface area contributed by atoms with Crippen molar-refractivity contribution in [3.63, 3.8) is 0 Å². The normalized spacial score (nSPS) is 11.0. The molecule has 0 aliphatic carbocycles. The third kappa shape index (κ3) is 4.24. The Balaban J connectivity index is 1.58. The number of ether oxygens (including phenoxy) is 1. The third-order valence-electron chi connectivity index (χ3n) is 5.11. The highest BCUT2D eigenvalue weighted by molar-refractivity contribution is 7.15. The fraction of sp³-hybridized carbons (Fsp3) is 0.250. The van der Waals surface area contributed by atoms with Crippen LogP contribution in [0.15, 0.2) is 66.2 Å². The number of fused-ring (bicyclic) bond motifs is 1. The van der Waals surface area contributed by atoms with Crippen LogP contribution in [0.25, 0.3) is 16.2 Å². The maximum atomic E-state index is 13.2. The van der Waals surface area contributed by atoms with Crippen molar-refractivity contribution in [3.8, 4) is 17.0 Å². The summed E-state index contributed by atoms with van der Waals surface area (Å²) < 4.78 is 7.27. The monoisotopic (exact) mass is 419 g/mol. The predicted molar refractivity (Wildman–Crippen MR) is 122 cm³/mol. The van der Waals surface area contributed by atoms with E-state index in [1.54, 1.807) is 18.4 Å². The van der Waals surface area contributed by atoms with Gasteiger partial charge in [0.05, 0.1) is 19.2 Å². The van der Waals surface area contributed by atoms with Crippen molar-refractivity contribution in [2.45, 2.75) is 26.2 Å². The van der Waals surface area contributed by atoms with Crippen molar-refractivity contribution < 1.29 is 9.53 Å². The molecular formula is C24H25N3O2S. The largest absolute Gasteiger partial charge is 0.497 e. The molecule has 2 aromatic heterocycles. The first-order chi connectivity index (χ1) is 14.7. The molecule has 6 heteroatoms. The lowest BCUT2D eigenvalue weighted by Crippen LogP contribution is -2.33. The number of imidazole rings is 1. The number of hydrogen-bond acceptors (Lipinski definition) is 4. The molecule has 5 nitrogen and oxygen atoms in total. The number of methoxy groups -OCH3 is 1. The number of hydrogen-bond donors (Lipinski definition) is 0. The molecular weight excluding hydrogens is 394 g/mol. The zero-order chi connectivity index (χ0) is 20.9. The number of nitrogens with zero attached hydrogens (tertiary/aromatic N) is 3. The van der Waals surface area contributed by atoms with Gasteiger partial charge < -0.3 is 9.64 Å². The number of anilines is 1. The van der Waals surface area contributed by atoms with Gasteiger partial charge in [0.2, 0.25) is 5.91 Å². The first-order valence-electron chi connectivity index (χ1n) is 10.1. The molecule has 2 heterocycles. The van der Waals surface area contributed by atoms with Gasteiger partial charge in [-0.05, 0) is 42.8 Å². The van der Waals surface area contributed by atoms with Crippen LogP contribution in [0.2, 0.25) is 0 Å². The number of thiazole rings is 1. The van der Waals surface area contributed by atoms with Crippen LogP contribution < -0.4 is 9.64 Å². The van der Waals surface area contributed by atoms with Gasteiger partial charge >= 0.3 is 0 Å². The number of aromatic nitrogens is 2. The van der Waals surface area contributed by atoms with Gasteiger partial charge in [-0.3, -0.25) is 9.20 Å². The summed E-state index contributed by atoms with van der Waals surface area (Å²) >= 11 is 1.56. The molecule has 0 radical (unpaired) electrons. The van der Waals surface area contributed by atoms with E-state index in [4.69, 9.17) is 9.72 Å². The molecule has 0 bridgehead atoms. The van der Waals surface area contributed by atoms with Gasteiger partial charge in [0.15, 0.2) is 4.96 Å². The van der Waals surface area contributed by atoms with E-state index >= 15 is 0 Å². The van der Waals surface area contributed by atoms with Gasteiger partial charge in [-0.1, -0.05) is 31.5 Å². The van der Waals surface area contributed by atoms with Gasteiger partial charge in [-0.2, -0.15) is 0 Å². The lowest BCUT2D eigenvalue weighted by Gasteiger charge is -2.22. The van der Waals surface area contributed by atoms with Crippen LogP contribution in [0.5, 0.6) is 5.75 Å². The number of unbranched alkanes of at least 4 members (excludes halogenated alkanes) is 1. The Hall–Kier alpha value is -3.12. The molecule has 0 saturated heterocycles. The Labute approximate surface area is 180 Å². The molecule has 1 amide bonds. The predicted octanol–water partition coefficient (Wildman–Crippen LogP) is 5.45. The third-order valence-corrected chi connectivity index (χ3v) is 5.99. The topological polar surface area (TPSA) is 46.8 Å². The smallest absolute Gasteiger partial charge is 0.232 e. The highest BCUT2D eigenvalue weighted by atomic mass is 32.1. The second-order valence-corrected chi connectivity index (χ2v) is 7.98. The Morgan fingerprint density at radius 1 is 1.13 bits per heavy atom. The highest BCUT2D eigenvalue weighted by Crippen LogP contribution is 2.26. The molecule has 2 aromatic carbocycles. The summed E-state index contributed by atoms with van der Waals surface area (Å²) in [4.78, 5) is 20.7. The van der Waals surface area contributed by atoms with Crippen LogP contribution >= 0.6 is 11.3 Å². The number of carbonyl (C=O) groups is 1. The van der Waals surface area contributed by atoms with E-state index in [2.05, 4.69) is 6.92 Å². The average Bonchev–Trinajstić information content (AvgIpc) is 3.37.